The van der Waals surface area contributed by atoms with E-state index in [1.807, 2.05) is 125 Å². The van der Waals surface area contributed by atoms with E-state index < -0.39 is 39.6 Å². The van der Waals surface area contributed by atoms with Crippen molar-refractivity contribution in [1.82, 2.24) is 0 Å². The smallest absolute Gasteiger partial charge is 0.312 e. The Balaban J connectivity index is 0.000000159. The third kappa shape index (κ3) is 19.9. The molecule has 25 aliphatic rings. The number of esters is 5. The fourth-order valence-electron chi connectivity index (χ4n) is 27.8. The zero-order valence-electron chi connectivity index (χ0n) is 73.9. The van der Waals surface area contributed by atoms with Gasteiger partial charge in [-0.3, -0.25) is 32.3 Å². The van der Waals surface area contributed by atoms with Crippen LogP contribution in [0.4, 0.5) is 0 Å². The Bertz CT molecular complexity index is 3430. The Hall–Kier alpha value is -2.86. The molecule has 0 N–H and O–H groups in total. The molecule has 16 aliphatic carbocycles. The van der Waals surface area contributed by atoms with Gasteiger partial charge >= 0.3 is 29.8 Å². The molecule has 9 saturated heterocycles. The summed E-state index contributed by atoms with van der Waals surface area (Å²) in [7, 11) is -10.4. The molecule has 9 aliphatic heterocycles. The minimum atomic E-state index is -3.05. The second kappa shape index (κ2) is 42.8. The van der Waals surface area contributed by atoms with E-state index in [1.165, 1.54) is 103 Å². The summed E-state index contributed by atoms with van der Waals surface area (Å²) in [5.74, 6) is 25.3. The molecule has 19 nitrogen and oxygen atoms in total. The van der Waals surface area contributed by atoms with Gasteiger partial charge in [-0.1, -0.05) is 125 Å². The van der Waals surface area contributed by atoms with Crippen molar-refractivity contribution in [2.45, 2.75) is 321 Å². The van der Waals surface area contributed by atoms with Crippen LogP contribution in [0.2, 0.25) is 0 Å². The van der Waals surface area contributed by atoms with Crippen LogP contribution in [-0.4, -0.2) is 144 Å². The van der Waals surface area contributed by atoms with Crippen LogP contribution < -0.4 is 0 Å². The van der Waals surface area contributed by atoms with Crippen LogP contribution >= 0.6 is 0 Å². The first kappa shape index (κ1) is 96.6. The minimum Gasteiger partial charge on any atom is -0.466 e. The van der Waals surface area contributed by atoms with Crippen LogP contribution in [0.15, 0.2) is 0 Å². The van der Waals surface area contributed by atoms with Crippen LogP contribution in [0.5, 0.6) is 0 Å². The van der Waals surface area contributed by atoms with Gasteiger partial charge in [0.2, 0.25) is 0 Å². The van der Waals surface area contributed by atoms with Gasteiger partial charge in [0.15, 0.2) is 9.84 Å². The Morgan fingerprint density at radius 1 is 0.386 bits per heavy atom. The fourth-order valence-corrected chi connectivity index (χ4v) is 35.1. The lowest BCUT2D eigenvalue weighted by atomic mass is 9.60. The fraction of sp³-hybridized carbons (Fsp3) is 0.934. The highest BCUT2D eigenvalue weighted by atomic mass is 32.2. The van der Waals surface area contributed by atoms with Gasteiger partial charge in [0, 0.05) is 30.1 Å². The number of carbonyl (C=O) groups excluding carboxylic acids is 5. The Morgan fingerprint density at radius 2 is 0.921 bits per heavy atom. The van der Waals surface area contributed by atoms with E-state index in [-0.39, 0.29) is 46.3 Å². The third-order valence-corrected chi connectivity index (χ3v) is 38.5. The van der Waals surface area contributed by atoms with Crippen LogP contribution in [0.3, 0.4) is 0 Å². The van der Waals surface area contributed by atoms with Gasteiger partial charge < -0.3 is 23.7 Å². The molecule has 0 aromatic rings. The first-order valence-corrected chi connectivity index (χ1v) is 54.0. The van der Waals surface area contributed by atoms with Crippen LogP contribution in [0, 0.1) is 159 Å². The second-order valence-corrected chi connectivity index (χ2v) is 43.7. The first-order chi connectivity index (χ1) is 55.0. The van der Waals surface area contributed by atoms with E-state index in [0.29, 0.717) is 132 Å². The van der Waals surface area contributed by atoms with Crippen molar-refractivity contribution in [1.29, 1.82) is 0 Å². The summed E-state index contributed by atoms with van der Waals surface area (Å²) in [6, 6.07) is 0. The van der Waals surface area contributed by atoms with Crippen LogP contribution in [-0.2, 0) is 95.6 Å². The Kier molecular flexibility index (Phi) is 36.2. The zero-order valence-corrected chi connectivity index (χ0v) is 77.1. The average molecular weight is 1680 g/mol. The van der Waals surface area contributed by atoms with Gasteiger partial charge in [-0.25, -0.2) is 21.0 Å². The first-order valence-electron chi connectivity index (χ1n) is 47.2. The number of rotatable bonds is 0. The Morgan fingerprint density at radius 3 is 1.39 bits per heavy atom. The lowest BCUT2D eigenvalue weighted by Gasteiger charge is -2.42. The topological polar surface area (TPSA) is 269 Å². The maximum atomic E-state index is 12.2. The molecule has 114 heavy (non-hydrogen) atoms. The van der Waals surface area contributed by atoms with E-state index >= 15 is 0 Å². The second-order valence-electron chi connectivity index (χ2n) is 35.2. The highest BCUT2D eigenvalue weighted by molar-refractivity contribution is 7.96. The molecule has 16 bridgehead atoms. The molecule has 660 valence electrons. The summed E-state index contributed by atoms with van der Waals surface area (Å²) in [4.78, 5) is 56.3. The SMILES string of the molecule is C=S1(=O)OC2CC3CC2C1C3.CC.CC.CC.CC.CC.CC.CC.CC.CC.O=C1CCCO1.O=C1OC2CC3CC1C2C3.O=C1OCC2C3CC(C12)C1C2CCC(C2)C31.O=C1OCC2C3CCC(C3)C12.O=C1OCCC12CC1CC2C2C3CCC(C3)C12.O=S1(=O)CC2CC3CC2C1C3.O=S1(=O)CCCC1.O=S1(=O)CCCO1. The van der Waals surface area contributed by atoms with E-state index in [0.717, 1.165) is 160 Å². The highest BCUT2D eigenvalue weighted by Gasteiger charge is 2.72. The number of cyclic esters (lactones) is 4. The summed E-state index contributed by atoms with van der Waals surface area (Å²) >= 11 is 0. The summed E-state index contributed by atoms with van der Waals surface area (Å²) in [5, 5.41) is 0.400. The molecule has 0 aromatic heterocycles. The lowest BCUT2D eigenvalue weighted by Crippen LogP contribution is -2.42. The van der Waals surface area contributed by atoms with E-state index in [4.69, 9.17) is 23.1 Å². The molecule has 9 heterocycles. The predicted octanol–water partition coefficient (Wildman–Crippen LogP) is 18.0. The maximum absolute atomic E-state index is 12.2. The zero-order chi connectivity index (χ0) is 84.1. The van der Waals surface area contributed by atoms with Crippen molar-refractivity contribution < 1.29 is 85.5 Å². The quantitative estimate of drug-likeness (QED) is 0.0717. The van der Waals surface area contributed by atoms with Crippen molar-refractivity contribution in [2.75, 3.05) is 56.0 Å². The van der Waals surface area contributed by atoms with Crippen molar-refractivity contribution in [3.05, 3.63) is 0 Å². The largest absolute Gasteiger partial charge is 0.466 e. The molecular formula is C91H158O19S4. The van der Waals surface area contributed by atoms with Gasteiger partial charge in [0.25, 0.3) is 10.1 Å². The third-order valence-electron chi connectivity index (χ3n) is 31.0. The molecule has 25 fully saturated rings. The van der Waals surface area contributed by atoms with Crippen LogP contribution in [0.25, 0.3) is 0 Å². The molecule has 16 saturated carbocycles. The lowest BCUT2D eigenvalue weighted by molar-refractivity contribution is -0.151. The van der Waals surface area contributed by atoms with Gasteiger partial charge in [-0.15, -0.1) is 0 Å². The molecule has 1 spiro atoms. The number of fused-ring (bicyclic) bond motifs is 30. The van der Waals surface area contributed by atoms with Crippen molar-refractivity contribution in [3.8, 4) is 0 Å². The van der Waals surface area contributed by atoms with Crippen molar-refractivity contribution in [2.24, 2.45) is 159 Å². The minimum absolute atomic E-state index is 0.00366. The van der Waals surface area contributed by atoms with E-state index in [9.17, 15) is 53.4 Å². The molecule has 0 aromatic carbocycles. The number of ether oxygens (including phenoxy) is 5. The van der Waals surface area contributed by atoms with Crippen molar-refractivity contribution in [3.63, 3.8) is 0 Å². The summed E-state index contributed by atoms with van der Waals surface area (Å²) in [5.41, 5.74) is -0.00366. The highest BCUT2D eigenvalue weighted by Crippen LogP contribution is 2.74. The molecule has 0 amide bonds. The van der Waals surface area contributed by atoms with Gasteiger partial charge in [-0.2, -0.15) is 8.42 Å². The normalized spacial score (nSPS) is 45.3. The van der Waals surface area contributed by atoms with Gasteiger partial charge in [0.1, 0.15) is 15.9 Å². The number of hydrogen-bond acceptors (Lipinski definition) is 19. The molecule has 32 unspecified atom stereocenters. The molecule has 25 rings (SSSR count). The van der Waals surface area contributed by atoms with Crippen molar-refractivity contribution >= 4 is 75.3 Å². The maximum Gasteiger partial charge on any atom is 0.312 e. The molecule has 32 atom stereocenters. The number of carbonyl (C=O) groups is 5. The predicted molar refractivity (Wildman–Crippen MR) is 454 cm³/mol. The average Bonchev–Trinajstić information content (AvgIpc) is 1.53. The molecular weight excluding hydrogens is 1530 g/mol. The molecule has 0 radical (unpaired) electrons. The van der Waals surface area contributed by atoms with E-state index in [1.54, 1.807) is 0 Å². The number of sulfone groups is 2. The summed E-state index contributed by atoms with van der Waals surface area (Å²) in [6.45, 7) is 39.2. The summed E-state index contributed by atoms with van der Waals surface area (Å²) in [6.07, 6.45) is 32.8. The van der Waals surface area contributed by atoms with Crippen LogP contribution in [0.1, 0.15) is 298 Å². The summed E-state index contributed by atoms with van der Waals surface area (Å²) < 4.78 is 111. The van der Waals surface area contributed by atoms with Gasteiger partial charge in [-0.05, 0) is 285 Å². The Labute approximate surface area is 692 Å². The standard InChI is InChI=1S/C15H20O2.C14H18O2.C9H12O2.2C8H12O2S.C8H10O2.C4H8O2S.C4H6O2.C3H6O3S.9C2H6/c16-14-15(3-4-17-14)7-10-6-11(15)13-9-2-1-8(5-9)12(10)13;15-14-13-9-4-8(10(13)5-16-14)11-6-1-2-7(3-6)12(9)11;10-9-8-6-2-1-5(3-6)7(8)4-11-9;1-11(9)8-4-5-2-6(8)7(3-5)10-11;9-11(10)4-6-1-5-2-7(6)8(11)3-5;9-8-6-2-4-1-5(6)7(3-4)10-8;5-7(6)3-1-2-4-7;5-4-2-1-3-6-4;4-7(5)3-1-2-6-7;9*1-2/h8-13H,1-7H2;6-13H,1-5H2;3*5-8H,1-4H2;4-7H,1-3H2;1-4H2;1-3H2;1-3H2;9*1-2H3. The monoisotopic (exact) mass is 1680 g/mol. The van der Waals surface area contributed by atoms with E-state index in [2.05, 4.69) is 14.8 Å². The number of hydrogen-bond donors (Lipinski definition) is 0. The molecule has 23 heteroatoms. The van der Waals surface area contributed by atoms with Gasteiger partial charge in [0.05, 0.1) is 106 Å².